The monoisotopic (exact) mass is 217 g/mol. The highest BCUT2D eigenvalue weighted by atomic mass is 16.5. The molecule has 0 aliphatic carbocycles. The predicted octanol–water partition coefficient (Wildman–Crippen LogP) is 1.34. The molecule has 1 atom stereocenters. The third-order valence-electron chi connectivity index (χ3n) is 1.95. The molecule has 15 heavy (non-hydrogen) atoms. The van der Waals surface area contributed by atoms with Gasteiger partial charge in [-0.2, -0.15) is 0 Å². The number of unbranched alkanes of at least 4 members (excludes halogenated alkanes) is 1. The Morgan fingerprint density at radius 3 is 2.60 bits per heavy atom. The minimum absolute atomic E-state index is 0.226. The fourth-order valence-corrected chi connectivity index (χ4v) is 1.15. The molecule has 0 rings (SSSR count). The van der Waals surface area contributed by atoms with Crippen molar-refractivity contribution in [3.8, 4) is 0 Å². The average molecular weight is 217 g/mol. The summed E-state index contributed by atoms with van der Waals surface area (Å²) in [5.74, 6) is -0.226. The maximum atomic E-state index is 11.4. The lowest BCUT2D eigenvalue weighted by Gasteiger charge is -2.16. The van der Waals surface area contributed by atoms with E-state index in [-0.39, 0.29) is 12.0 Å². The summed E-state index contributed by atoms with van der Waals surface area (Å²) in [6.07, 6.45) is 2.13. The third-order valence-corrected chi connectivity index (χ3v) is 1.95. The minimum atomic E-state index is -0.327. The van der Waals surface area contributed by atoms with Crippen molar-refractivity contribution in [3.05, 3.63) is 0 Å². The summed E-state index contributed by atoms with van der Waals surface area (Å²) in [6, 6.07) is -0.327. The van der Waals surface area contributed by atoms with Crippen molar-refractivity contribution in [2.75, 3.05) is 26.4 Å². The molecule has 4 heteroatoms. The number of hydrogen-bond acceptors (Lipinski definition) is 4. The van der Waals surface area contributed by atoms with E-state index < -0.39 is 0 Å². The Morgan fingerprint density at radius 2 is 2.07 bits per heavy atom. The van der Waals surface area contributed by atoms with Crippen molar-refractivity contribution < 1.29 is 14.3 Å². The first kappa shape index (κ1) is 14.4. The lowest BCUT2D eigenvalue weighted by atomic mass is 10.3. The lowest BCUT2D eigenvalue weighted by Crippen LogP contribution is -2.41. The molecule has 0 spiro atoms. The molecular weight excluding hydrogens is 194 g/mol. The van der Waals surface area contributed by atoms with E-state index in [1.165, 1.54) is 0 Å². The SMILES string of the molecule is CCCCOCC(NCC)C(=O)OCC. The zero-order valence-corrected chi connectivity index (χ0v) is 10.0. The van der Waals surface area contributed by atoms with Crippen LogP contribution in [0.1, 0.15) is 33.6 Å². The minimum Gasteiger partial charge on any atom is -0.465 e. The van der Waals surface area contributed by atoms with Crippen LogP contribution in [0.2, 0.25) is 0 Å². The van der Waals surface area contributed by atoms with E-state index in [2.05, 4.69) is 12.2 Å². The predicted molar refractivity (Wildman–Crippen MR) is 59.8 cm³/mol. The van der Waals surface area contributed by atoms with Gasteiger partial charge in [-0.1, -0.05) is 20.3 Å². The molecule has 0 heterocycles. The van der Waals surface area contributed by atoms with Crippen molar-refractivity contribution >= 4 is 5.97 Å². The van der Waals surface area contributed by atoms with Crippen LogP contribution in [0.3, 0.4) is 0 Å². The van der Waals surface area contributed by atoms with E-state index in [0.29, 0.717) is 19.8 Å². The second-order valence-electron chi connectivity index (χ2n) is 3.29. The zero-order valence-electron chi connectivity index (χ0n) is 10.0. The topological polar surface area (TPSA) is 47.6 Å². The molecule has 0 aromatic carbocycles. The average Bonchev–Trinajstić information content (AvgIpc) is 2.23. The molecule has 1 unspecified atom stereocenters. The van der Waals surface area contributed by atoms with Crippen LogP contribution in [0.5, 0.6) is 0 Å². The van der Waals surface area contributed by atoms with Crippen LogP contribution in [0, 0.1) is 0 Å². The second kappa shape index (κ2) is 9.93. The Kier molecular flexibility index (Phi) is 9.52. The van der Waals surface area contributed by atoms with Crippen LogP contribution in [-0.4, -0.2) is 38.4 Å². The number of esters is 1. The summed E-state index contributed by atoms with van der Waals surface area (Å²) in [5.41, 5.74) is 0. The van der Waals surface area contributed by atoms with E-state index in [0.717, 1.165) is 19.4 Å². The first-order valence-corrected chi connectivity index (χ1v) is 5.73. The van der Waals surface area contributed by atoms with Crippen LogP contribution in [0.25, 0.3) is 0 Å². The molecule has 0 aromatic rings. The summed E-state index contributed by atoms with van der Waals surface area (Å²) in [4.78, 5) is 11.4. The summed E-state index contributed by atoms with van der Waals surface area (Å²) >= 11 is 0. The van der Waals surface area contributed by atoms with E-state index in [4.69, 9.17) is 9.47 Å². The molecule has 90 valence electrons. The number of carbonyl (C=O) groups is 1. The Bertz CT molecular complexity index is 162. The highest BCUT2D eigenvalue weighted by Crippen LogP contribution is 1.94. The Labute approximate surface area is 92.3 Å². The quantitative estimate of drug-likeness (QED) is 0.468. The first-order valence-electron chi connectivity index (χ1n) is 5.73. The number of likely N-dealkylation sites (N-methyl/N-ethyl adjacent to an activating group) is 1. The van der Waals surface area contributed by atoms with Crippen LogP contribution in [0.15, 0.2) is 0 Å². The highest BCUT2D eigenvalue weighted by Gasteiger charge is 2.18. The van der Waals surface area contributed by atoms with Gasteiger partial charge in [-0.25, -0.2) is 0 Å². The Hall–Kier alpha value is -0.610. The summed E-state index contributed by atoms with van der Waals surface area (Å²) in [5, 5.41) is 3.04. The molecular formula is C11H23NO3. The van der Waals surface area contributed by atoms with Gasteiger partial charge >= 0.3 is 5.97 Å². The molecule has 0 aliphatic rings. The van der Waals surface area contributed by atoms with E-state index in [1.54, 1.807) is 6.92 Å². The van der Waals surface area contributed by atoms with Crippen LogP contribution in [0.4, 0.5) is 0 Å². The molecule has 1 N–H and O–H groups in total. The van der Waals surface area contributed by atoms with E-state index in [1.807, 2.05) is 6.92 Å². The maximum absolute atomic E-state index is 11.4. The van der Waals surface area contributed by atoms with E-state index in [9.17, 15) is 4.79 Å². The standard InChI is InChI=1S/C11H23NO3/c1-4-7-8-14-9-10(12-5-2)11(13)15-6-3/h10,12H,4-9H2,1-3H3. The molecule has 0 saturated heterocycles. The highest BCUT2D eigenvalue weighted by molar-refractivity contribution is 5.75. The van der Waals surface area contributed by atoms with Gasteiger partial charge in [-0.15, -0.1) is 0 Å². The van der Waals surface area contributed by atoms with Crippen LogP contribution in [-0.2, 0) is 14.3 Å². The smallest absolute Gasteiger partial charge is 0.325 e. The van der Waals surface area contributed by atoms with Gasteiger partial charge in [0.25, 0.3) is 0 Å². The van der Waals surface area contributed by atoms with Crippen molar-refractivity contribution in [2.45, 2.75) is 39.7 Å². The number of rotatable bonds is 9. The fraction of sp³-hybridized carbons (Fsp3) is 0.909. The van der Waals surface area contributed by atoms with Gasteiger partial charge in [0.15, 0.2) is 0 Å². The van der Waals surface area contributed by atoms with Crippen molar-refractivity contribution in [1.29, 1.82) is 0 Å². The molecule has 0 fully saturated rings. The number of hydrogen-bond donors (Lipinski definition) is 1. The van der Waals surface area contributed by atoms with Gasteiger partial charge in [-0.3, -0.25) is 4.79 Å². The fourth-order valence-electron chi connectivity index (χ4n) is 1.15. The molecule has 0 aromatic heterocycles. The van der Waals surface area contributed by atoms with Crippen molar-refractivity contribution in [3.63, 3.8) is 0 Å². The summed E-state index contributed by atoms with van der Waals surface area (Å²) in [6.45, 7) is 8.12. The number of carbonyl (C=O) groups excluding carboxylic acids is 1. The maximum Gasteiger partial charge on any atom is 0.325 e. The molecule has 4 nitrogen and oxygen atoms in total. The summed E-state index contributed by atoms with van der Waals surface area (Å²) < 4.78 is 10.3. The van der Waals surface area contributed by atoms with Gasteiger partial charge in [0.2, 0.25) is 0 Å². The van der Waals surface area contributed by atoms with Gasteiger partial charge in [0.1, 0.15) is 6.04 Å². The molecule has 0 amide bonds. The van der Waals surface area contributed by atoms with Gasteiger partial charge in [0.05, 0.1) is 13.2 Å². The number of ether oxygens (including phenoxy) is 2. The van der Waals surface area contributed by atoms with Crippen LogP contribution < -0.4 is 5.32 Å². The zero-order chi connectivity index (χ0) is 11.5. The molecule has 0 saturated carbocycles. The molecule has 0 bridgehead atoms. The van der Waals surface area contributed by atoms with Gasteiger partial charge in [-0.05, 0) is 19.9 Å². The van der Waals surface area contributed by atoms with Crippen molar-refractivity contribution in [1.82, 2.24) is 5.32 Å². The summed E-state index contributed by atoms with van der Waals surface area (Å²) in [7, 11) is 0. The molecule has 0 aliphatic heterocycles. The molecule has 0 radical (unpaired) electrons. The third kappa shape index (κ3) is 7.33. The number of nitrogens with one attached hydrogen (secondary N) is 1. The van der Waals surface area contributed by atoms with Gasteiger partial charge < -0.3 is 14.8 Å². The van der Waals surface area contributed by atoms with Crippen LogP contribution >= 0.6 is 0 Å². The first-order chi connectivity index (χ1) is 7.26. The Morgan fingerprint density at radius 1 is 1.33 bits per heavy atom. The lowest BCUT2D eigenvalue weighted by molar-refractivity contribution is -0.147. The Balaban J connectivity index is 3.76. The largest absolute Gasteiger partial charge is 0.465 e. The van der Waals surface area contributed by atoms with Crippen molar-refractivity contribution in [2.24, 2.45) is 0 Å². The van der Waals surface area contributed by atoms with Gasteiger partial charge in [0, 0.05) is 6.61 Å². The second-order valence-corrected chi connectivity index (χ2v) is 3.29. The normalized spacial score (nSPS) is 12.5. The van der Waals surface area contributed by atoms with E-state index >= 15 is 0 Å².